The predicted octanol–water partition coefficient (Wildman–Crippen LogP) is 3.91. The Labute approximate surface area is 124 Å². The number of ether oxygens (including phenoxy) is 1. The fourth-order valence-corrected chi connectivity index (χ4v) is 1.69. The number of hydrogen-bond donors (Lipinski definition) is 1. The lowest BCUT2D eigenvalue weighted by Crippen LogP contribution is -2.05. The topological polar surface area (TPSA) is 67.2 Å². The van der Waals surface area contributed by atoms with E-state index in [9.17, 15) is 4.39 Å². The van der Waals surface area contributed by atoms with Crippen LogP contribution in [0.3, 0.4) is 0 Å². The Kier molecular flexibility index (Phi) is 6.55. The van der Waals surface area contributed by atoms with Crippen LogP contribution in [0.4, 0.5) is 4.39 Å². The van der Waals surface area contributed by atoms with Crippen molar-refractivity contribution in [2.75, 3.05) is 0 Å². The molecular formula is C15H16FNO3S. The van der Waals surface area contributed by atoms with Crippen LogP contribution >= 0.6 is 0 Å². The summed E-state index contributed by atoms with van der Waals surface area (Å²) in [6.07, 6.45) is 0.0528. The van der Waals surface area contributed by atoms with Crippen LogP contribution in [0, 0.1) is 10.6 Å². The molecule has 21 heavy (non-hydrogen) atoms. The summed E-state index contributed by atoms with van der Waals surface area (Å²) >= 11 is 0. The van der Waals surface area contributed by atoms with Crippen molar-refractivity contribution in [1.82, 2.24) is 0 Å². The van der Waals surface area contributed by atoms with E-state index in [-0.39, 0.29) is 11.9 Å². The third-order valence-electron chi connectivity index (χ3n) is 2.40. The number of halogens is 1. The Morgan fingerprint density at radius 2 is 1.67 bits per heavy atom. The fraction of sp³-hybridized carbons (Fsp3) is 0.200. The van der Waals surface area contributed by atoms with Gasteiger partial charge in [0, 0.05) is 11.6 Å². The summed E-state index contributed by atoms with van der Waals surface area (Å²) in [5.41, 5.74) is 1.47. The lowest BCUT2D eigenvalue weighted by atomic mass is 10.1. The van der Waals surface area contributed by atoms with E-state index in [1.807, 2.05) is 44.2 Å². The first-order chi connectivity index (χ1) is 9.90. The number of rotatable bonds is 3. The van der Waals surface area contributed by atoms with Gasteiger partial charge in [0.1, 0.15) is 11.6 Å². The summed E-state index contributed by atoms with van der Waals surface area (Å²) in [6.45, 7) is 3.84. The Bertz CT molecular complexity index is 678. The smallest absolute Gasteiger partial charge is 0.308 e. The van der Waals surface area contributed by atoms with E-state index in [4.69, 9.17) is 17.9 Å². The maximum absolute atomic E-state index is 13.9. The van der Waals surface area contributed by atoms with Crippen LogP contribution < -0.4 is 4.74 Å². The SMILES string of the molecule is CC(C)Oc1ccc(-c2ccccc2)c(F)c1.N=S(=O)=O. The zero-order valence-corrected chi connectivity index (χ0v) is 12.5. The van der Waals surface area contributed by atoms with E-state index in [0.29, 0.717) is 11.3 Å². The normalized spacial score (nSPS) is 9.71. The second-order valence-electron chi connectivity index (χ2n) is 4.41. The van der Waals surface area contributed by atoms with Crippen molar-refractivity contribution in [2.24, 2.45) is 0 Å². The maximum atomic E-state index is 13.9. The second-order valence-corrected chi connectivity index (χ2v) is 4.88. The number of benzene rings is 2. The van der Waals surface area contributed by atoms with Gasteiger partial charge in [0.05, 0.1) is 6.10 Å². The van der Waals surface area contributed by atoms with Crippen LogP contribution in [0.15, 0.2) is 48.5 Å². The van der Waals surface area contributed by atoms with Crippen molar-refractivity contribution >= 4 is 10.5 Å². The first-order valence-electron chi connectivity index (χ1n) is 6.22. The van der Waals surface area contributed by atoms with Gasteiger partial charge in [-0.2, -0.15) is 13.2 Å². The Hall–Kier alpha value is -2.21. The van der Waals surface area contributed by atoms with Crippen LogP contribution in [0.1, 0.15) is 13.8 Å². The molecule has 4 nitrogen and oxygen atoms in total. The largest absolute Gasteiger partial charge is 0.491 e. The third-order valence-corrected chi connectivity index (χ3v) is 2.40. The van der Waals surface area contributed by atoms with E-state index in [2.05, 4.69) is 0 Å². The van der Waals surface area contributed by atoms with Crippen molar-refractivity contribution in [3.63, 3.8) is 0 Å². The Balaban J connectivity index is 0.000000491. The molecule has 0 atom stereocenters. The molecule has 0 saturated heterocycles. The van der Waals surface area contributed by atoms with E-state index in [1.165, 1.54) is 6.07 Å². The van der Waals surface area contributed by atoms with Crippen LogP contribution in [0.5, 0.6) is 5.75 Å². The molecule has 0 aliphatic rings. The molecule has 1 N–H and O–H groups in total. The summed E-state index contributed by atoms with van der Waals surface area (Å²) in [6, 6.07) is 14.5. The average Bonchev–Trinajstić information content (AvgIpc) is 2.38. The highest BCUT2D eigenvalue weighted by atomic mass is 32.2. The second kappa shape index (κ2) is 8.16. The predicted molar refractivity (Wildman–Crippen MR) is 79.2 cm³/mol. The summed E-state index contributed by atoms with van der Waals surface area (Å²) in [7, 11) is -2.61. The standard InChI is InChI=1S/C15H15FO.HNO2S/c1-11(2)17-13-8-9-14(15(16)10-13)12-6-4-3-5-7-12;1-4(2)3/h3-11H,1-2H3;1H. The molecule has 112 valence electrons. The van der Waals surface area contributed by atoms with E-state index < -0.39 is 10.5 Å². The quantitative estimate of drug-likeness (QED) is 0.934. The minimum Gasteiger partial charge on any atom is -0.491 e. The van der Waals surface area contributed by atoms with Gasteiger partial charge in [-0.1, -0.05) is 30.3 Å². The minimum atomic E-state index is -2.61. The van der Waals surface area contributed by atoms with E-state index >= 15 is 0 Å². The molecule has 0 fully saturated rings. The summed E-state index contributed by atoms with van der Waals surface area (Å²) < 4.78 is 42.2. The first kappa shape index (κ1) is 16.8. The Morgan fingerprint density at radius 1 is 1.10 bits per heavy atom. The molecule has 2 aromatic rings. The van der Waals surface area contributed by atoms with Crippen molar-refractivity contribution in [3.8, 4) is 16.9 Å². The molecule has 0 aromatic heterocycles. The number of hydrogen-bond acceptors (Lipinski definition) is 4. The first-order valence-corrected chi connectivity index (χ1v) is 7.29. The molecular weight excluding hydrogens is 293 g/mol. The zero-order valence-electron chi connectivity index (χ0n) is 11.7. The molecule has 0 amide bonds. The van der Waals surface area contributed by atoms with Gasteiger partial charge in [-0.15, -0.1) is 0 Å². The average molecular weight is 309 g/mol. The molecule has 2 rings (SSSR count). The summed E-state index contributed by atoms with van der Waals surface area (Å²) in [5.74, 6) is 0.312. The maximum Gasteiger partial charge on any atom is 0.308 e. The van der Waals surface area contributed by atoms with Crippen molar-refractivity contribution in [2.45, 2.75) is 20.0 Å². The summed E-state index contributed by atoms with van der Waals surface area (Å²) in [4.78, 5) is 0. The van der Waals surface area contributed by atoms with Gasteiger partial charge in [0.25, 0.3) is 0 Å². The lowest BCUT2D eigenvalue weighted by Gasteiger charge is -2.11. The molecule has 0 aliphatic carbocycles. The van der Waals surface area contributed by atoms with Gasteiger partial charge < -0.3 is 4.74 Å². The van der Waals surface area contributed by atoms with Gasteiger partial charge in [-0.25, -0.2) is 4.39 Å². The minimum absolute atomic E-state index is 0.0528. The third kappa shape index (κ3) is 6.18. The lowest BCUT2D eigenvalue weighted by molar-refractivity contribution is 0.241. The van der Waals surface area contributed by atoms with Crippen molar-refractivity contribution in [3.05, 3.63) is 54.3 Å². The monoisotopic (exact) mass is 309 g/mol. The number of nitrogens with one attached hydrogen (secondary N) is 1. The van der Waals surface area contributed by atoms with Gasteiger partial charge in [-0.05, 0) is 31.5 Å². The highest BCUT2D eigenvalue weighted by Crippen LogP contribution is 2.26. The van der Waals surface area contributed by atoms with Crippen LogP contribution in [-0.2, 0) is 10.5 Å². The molecule has 0 bridgehead atoms. The molecule has 6 heteroatoms. The van der Waals surface area contributed by atoms with Gasteiger partial charge in [0.15, 0.2) is 0 Å². The molecule has 0 saturated carbocycles. The van der Waals surface area contributed by atoms with E-state index in [1.54, 1.807) is 12.1 Å². The molecule has 0 aliphatic heterocycles. The van der Waals surface area contributed by atoms with Gasteiger partial charge in [-0.3, -0.25) is 0 Å². The Morgan fingerprint density at radius 3 is 2.14 bits per heavy atom. The fourth-order valence-electron chi connectivity index (χ4n) is 1.69. The van der Waals surface area contributed by atoms with Gasteiger partial charge >= 0.3 is 10.5 Å². The summed E-state index contributed by atoms with van der Waals surface area (Å²) in [5, 5.41) is 0. The van der Waals surface area contributed by atoms with Crippen molar-refractivity contribution < 1.29 is 17.5 Å². The highest BCUT2D eigenvalue weighted by molar-refractivity contribution is 7.60. The molecule has 0 heterocycles. The van der Waals surface area contributed by atoms with Crippen LogP contribution in [0.25, 0.3) is 11.1 Å². The molecule has 0 unspecified atom stereocenters. The molecule has 0 radical (unpaired) electrons. The van der Waals surface area contributed by atoms with Crippen molar-refractivity contribution in [1.29, 1.82) is 4.78 Å². The van der Waals surface area contributed by atoms with E-state index in [0.717, 1.165) is 5.56 Å². The van der Waals surface area contributed by atoms with Crippen LogP contribution in [0.2, 0.25) is 0 Å². The zero-order chi connectivity index (χ0) is 15.8. The molecule has 0 spiro atoms. The van der Waals surface area contributed by atoms with Gasteiger partial charge in [0.2, 0.25) is 0 Å². The van der Waals surface area contributed by atoms with Crippen LogP contribution in [-0.4, -0.2) is 14.5 Å². The molecule has 2 aromatic carbocycles. The highest BCUT2D eigenvalue weighted by Gasteiger charge is 2.07.